The van der Waals surface area contributed by atoms with Gasteiger partial charge >= 0.3 is 0 Å². The van der Waals surface area contributed by atoms with Gasteiger partial charge in [-0.2, -0.15) is 0 Å². The van der Waals surface area contributed by atoms with E-state index in [1.54, 1.807) is 18.2 Å². The van der Waals surface area contributed by atoms with Crippen molar-refractivity contribution >= 4 is 29.1 Å². The summed E-state index contributed by atoms with van der Waals surface area (Å²) >= 11 is 12.2. The van der Waals surface area contributed by atoms with E-state index in [4.69, 9.17) is 23.2 Å². The Hall–Kier alpha value is -0.730. The number of rotatable bonds is 1. The number of amides is 1. The molecule has 0 spiro atoms. The lowest BCUT2D eigenvalue weighted by Crippen LogP contribution is -2.47. The lowest BCUT2D eigenvalue weighted by Gasteiger charge is -2.39. The number of carbonyl (C=O) groups is 1. The topological polar surface area (TPSA) is 20.3 Å². The van der Waals surface area contributed by atoms with Crippen LogP contribution in [0.25, 0.3) is 0 Å². The summed E-state index contributed by atoms with van der Waals surface area (Å²) in [7, 11) is 0. The van der Waals surface area contributed by atoms with Crippen LogP contribution in [0.3, 0.4) is 0 Å². The first-order valence-electron chi connectivity index (χ1n) is 6.29. The zero-order chi connectivity index (χ0) is 13.3. The Morgan fingerprint density at radius 1 is 1.17 bits per heavy atom. The SMILES string of the molecule is C[C@@H]1CCC[C@@H](C)N1C(=O)c1c(Cl)cccc1Cl. The maximum Gasteiger partial charge on any atom is 0.257 e. The van der Waals surface area contributed by atoms with E-state index < -0.39 is 0 Å². The second-order valence-corrected chi connectivity index (χ2v) is 5.75. The van der Waals surface area contributed by atoms with E-state index in [-0.39, 0.29) is 18.0 Å². The van der Waals surface area contributed by atoms with Gasteiger partial charge in [0.2, 0.25) is 0 Å². The van der Waals surface area contributed by atoms with Gasteiger partial charge in [0.05, 0.1) is 15.6 Å². The Labute approximate surface area is 118 Å². The highest BCUT2D eigenvalue weighted by Crippen LogP contribution is 2.30. The van der Waals surface area contributed by atoms with Crippen molar-refractivity contribution in [2.75, 3.05) is 0 Å². The molecule has 1 aromatic carbocycles. The molecule has 0 unspecified atom stereocenters. The zero-order valence-electron chi connectivity index (χ0n) is 10.6. The second-order valence-electron chi connectivity index (χ2n) is 4.94. The van der Waals surface area contributed by atoms with Crippen molar-refractivity contribution in [2.45, 2.75) is 45.2 Å². The molecule has 2 nitrogen and oxygen atoms in total. The first-order valence-corrected chi connectivity index (χ1v) is 7.04. The molecule has 2 rings (SSSR count). The minimum atomic E-state index is -0.0506. The molecular formula is C14H17Cl2NO. The van der Waals surface area contributed by atoms with Crippen molar-refractivity contribution in [3.05, 3.63) is 33.8 Å². The molecule has 0 N–H and O–H groups in total. The quantitative estimate of drug-likeness (QED) is 0.749. The highest BCUT2D eigenvalue weighted by Gasteiger charge is 2.31. The summed E-state index contributed by atoms with van der Waals surface area (Å²) in [4.78, 5) is 14.5. The zero-order valence-corrected chi connectivity index (χ0v) is 12.1. The van der Waals surface area contributed by atoms with Crippen LogP contribution >= 0.6 is 23.2 Å². The normalized spacial score (nSPS) is 24.1. The third kappa shape index (κ3) is 2.50. The molecule has 0 bridgehead atoms. The fourth-order valence-electron chi connectivity index (χ4n) is 2.65. The van der Waals surface area contributed by atoms with E-state index in [1.807, 2.05) is 4.90 Å². The van der Waals surface area contributed by atoms with Crippen LogP contribution in [-0.4, -0.2) is 22.9 Å². The molecule has 1 fully saturated rings. The second kappa shape index (κ2) is 5.50. The largest absolute Gasteiger partial charge is 0.333 e. The van der Waals surface area contributed by atoms with Crippen molar-refractivity contribution in [1.29, 1.82) is 0 Å². The van der Waals surface area contributed by atoms with E-state index in [0.717, 1.165) is 12.8 Å². The molecular weight excluding hydrogens is 269 g/mol. The molecule has 1 aliphatic heterocycles. The Kier molecular flexibility index (Phi) is 4.18. The minimum absolute atomic E-state index is 0.0506. The minimum Gasteiger partial charge on any atom is -0.333 e. The highest BCUT2D eigenvalue weighted by atomic mass is 35.5. The van der Waals surface area contributed by atoms with Crippen molar-refractivity contribution < 1.29 is 4.79 Å². The number of carbonyl (C=O) groups excluding carboxylic acids is 1. The Balaban J connectivity index is 2.35. The molecule has 1 amide bonds. The lowest BCUT2D eigenvalue weighted by molar-refractivity contribution is 0.0511. The van der Waals surface area contributed by atoms with Gasteiger partial charge in [-0.25, -0.2) is 0 Å². The average molecular weight is 286 g/mol. The van der Waals surface area contributed by atoms with Gasteiger partial charge in [0.1, 0.15) is 0 Å². The van der Waals surface area contributed by atoms with E-state index in [2.05, 4.69) is 13.8 Å². The number of likely N-dealkylation sites (tertiary alicyclic amines) is 1. The van der Waals surface area contributed by atoms with Crippen LogP contribution in [-0.2, 0) is 0 Å². The molecule has 1 aromatic rings. The van der Waals surface area contributed by atoms with Gasteiger partial charge in [0.25, 0.3) is 5.91 Å². The summed E-state index contributed by atoms with van der Waals surface area (Å²) in [5.41, 5.74) is 0.432. The third-order valence-corrected chi connectivity index (χ3v) is 4.23. The van der Waals surface area contributed by atoms with Gasteiger partial charge in [0, 0.05) is 12.1 Å². The van der Waals surface area contributed by atoms with Crippen molar-refractivity contribution in [3.8, 4) is 0 Å². The molecule has 1 aliphatic rings. The number of nitrogens with zero attached hydrogens (tertiary/aromatic N) is 1. The Morgan fingerprint density at radius 3 is 2.17 bits per heavy atom. The standard InChI is InChI=1S/C14H17Cl2NO/c1-9-5-3-6-10(2)17(9)14(18)13-11(15)7-4-8-12(13)16/h4,7-10H,3,5-6H2,1-2H3/t9-,10-/m1/s1. The van der Waals surface area contributed by atoms with E-state index >= 15 is 0 Å². The molecule has 1 saturated heterocycles. The predicted octanol–water partition coefficient (Wildman–Crippen LogP) is 4.40. The molecule has 2 atom stereocenters. The molecule has 4 heteroatoms. The van der Waals surface area contributed by atoms with Crippen LogP contribution in [0.2, 0.25) is 10.0 Å². The first-order chi connectivity index (χ1) is 8.52. The first kappa shape index (κ1) is 13.7. The molecule has 18 heavy (non-hydrogen) atoms. The molecule has 98 valence electrons. The molecule has 0 aliphatic carbocycles. The predicted molar refractivity (Wildman–Crippen MR) is 75.4 cm³/mol. The average Bonchev–Trinajstić information content (AvgIpc) is 2.28. The number of hydrogen-bond donors (Lipinski definition) is 0. The number of halogens is 2. The van der Waals surface area contributed by atoms with Crippen molar-refractivity contribution in [1.82, 2.24) is 4.90 Å². The van der Waals surface area contributed by atoms with Gasteiger partial charge in [-0.3, -0.25) is 4.79 Å². The van der Waals surface area contributed by atoms with Crippen LogP contribution in [0.1, 0.15) is 43.5 Å². The highest BCUT2D eigenvalue weighted by molar-refractivity contribution is 6.39. The molecule has 0 radical (unpaired) electrons. The number of benzene rings is 1. The fraction of sp³-hybridized carbons (Fsp3) is 0.500. The van der Waals surface area contributed by atoms with Gasteiger partial charge in [-0.05, 0) is 45.2 Å². The van der Waals surface area contributed by atoms with Crippen molar-refractivity contribution in [2.24, 2.45) is 0 Å². The summed E-state index contributed by atoms with van der Waals surface area (Å²) in [6.45, 7) is 4.16. The summed E-state index contributed by atoms with van der Waals surface area (Å²) in [6, 6.07) is 5.66. The smallest absolute Gasteiger partial charge is 0.257 e. The van der Waals surface area contributed by atoms with Gasteiger partial charge in [0.15, 0.2) is 0 Å². The Morgan fingerprint density at radius 2 is 1.67 bits per heavy atom. The fourth-order valence-corrected chi connectivity index (χ4v) is 3.21. The van der Waals surface area contributed by atoms with Gasteiger partial charge in [-0.15, -0.1) is 0 Å². The monoisotopic (exact) mass is 285 g/mol. The van der Waals surface area contributed by atoms with E-state index in [1.165, 1.54) is 6.42 Å². The van der Waals surface area contributed by atoms with Crippen LogP contribution < -0.4 is 0 Å². The summed E-state index contributed by atoms with van der Waals surface area (Å²) in [5, 5.41) is 0.856. The number of hydrogen-bond acceptors (Lipinski definition) is 1. The van der Waals surface area contributed by atoms with Gasteiger partial charge in [-0.1, -0.05) is 29.3 Å². The maximum atomic E-state index is 12.6. The van der Waals surface area contributed by atoms with E-state index in [0.29, 0.717) is 15.6 Å². The molecule has 1 heterocycles. The third-order valence-electron chi connectivity index (χ3n) is 3.60. The molecule has 0 aromatic heterocycles. The Bertz CT molecular complexity index is 431. The molecule has 0 saturated carbocycles. The summed E-state index contributed by atoms with van der Waals surface area (Å²) in [6.07, 6.45) is 3.25. The lowest BCUT2D eigenvalue weighted by atomic mass is 9.96. The van der Waals surface area contributed by atoms with Gasteiger partial charge < -0.3 is 4.90 Å². The summed E-state index contributed by atoms with van der Waals surface area (Å²) < 4.78 is 0. The van der Waals surface area contributed by atoms with Crippen LogP contribution in [0, 0.1) is 0 Å². The van der Waals surface area contributed by atoms with E-state index in [9.17, 15) is 4.79 Å². The van der Waals surface area contributed by atoms with Crippen LogP contribution in [0.15, 0.2) is 18.2 Å². The van der Waals surface area contributed by atoms with Crippen LogP contribution in [0.5, 0.6) is 0 Å². The van der Waals surface area contributed by atoms with Crippen LogP contribution in [0.4, 0.5) is 0 Å². The maximum absolute atomic E-state index is 12.6. The number of piperidine rings is 1. The summed E-state index contributed by atoms with van der Waals surface area (Å²) in [5.74, 6) is -0.0506. The van der Waals surface area contributed by atoms with Crippen molar-refractivity contribution in [3.63, 3.8) is 0 Å².